The van der Waals surface area contributed by atoms with Gasteiger partial charge in [-0.25, -0.2) is 4.79 Å². The highest BCUT2D eigenvalue weighted by atomic mass is 16.5. The zero-order valence-electron chi connectivity index (χ0n) is 12.3. The molecule has 0 bridgehead atoms. The normalized spacial score (nSPS) is 33.5. The van der Waals surface area contributed by atoms with E-state index in [4.69, 9.17) is 4.74 Å². The second-order valence-corrected chi connectivity index (χ2v) is 6.07. The summed E-state index contributed by atoms with van der Waals surface area (Å²) in [4.78, 5) is 25.7. The molecule has 20 heavy (non-hydrogen) atoms. The van der Waals surface area contributed by atoms with E-state index in [-0.39, 0.29) is 17.5 Å². The van der Waals surface area contributed by atoms with Gasteiger partial charge in [0.1, 0.15) is 0 Å². The van der Waals surface area contributed by atoms with Gasteiger partial charge in [0.15, 0.2) is 0 Å². The van der Waals surface area contributed by atoms with Gasteiger partial charge in [-0.15, -0.1) is 0 Å². The fourth-order valence-corrected chi connectivity index (χ4v) is 3.13. The van der Waals surface area contributed by atoms with Crippen molar-refractivity contribution in [3.8, 4) is 0 Å². The van der Waals surface area contributed by atoms with Crippen LogP contribution in [0.3, 0.4) is 0 Å². The third-order valence-electron chi connectivity index (χ3n) is 4.72. The summed E-state index contributed by atoms with van der Waals surface area (Å²) in [6.45, 7) is 6.10. The molecule has 0 aromatic carbocycles. The Balaban J connectivity index is 2.43. The average molecular weight is 282 g/mol. The van der Waals surface area contributed by atoms with E-state index in [0.29, 0.717) is 18.6 Å². The smallest absolute Gasteiger partial charge is 0.328 e. The minimum absolute atomic E-state index is 0.210. The molecule has 1 unspecified atom stereocenters. The van der Waals surface area contributed by atoms with Gasteiger partial charge in [0.25, 0.3) is 5.56 Å². The molecule has 1 aromatic rings. The van der Waals surface area contributed by atoms with Crippen LogP contribution in [0.25, 0.3) is 0 Å². The lowest BCUT2D eigenvalue weighted by Crippen LogP contribution is -2.41. The van der Waals surface area contributed by atoms with Crippen LogP contribution in [0.5, 0.6) is 0 Å². The molecule has 6 nitrogen and oxygen atoms in total. The van der Waals surface area contributed by atoms with Crippen molar-refractivity contribution in [3.63, 3.8) is 0 Å². The molecule has 1 aliphatic rings. The fraction of sp³-hybridized carbons (Fsp3) is 0.714. The van der Waals surface area contributed by atoms with Gasteiger partial charge in [0.05, 0.1) is 18.8 Å². The van der Waals surface area contributed by atoms with E-state index < -0.39 is 17.2 Å². The lowest BCUT2D eigenvalue weighted by Gasteiger charge is -2.32. The van der Waals surface area contributed by atoms with Crippen molar-refractivity contribution >= 4 is 0 Å². The summed E-state index contributed by atoms with van der Waals surface area (Å²) in [5.41, 5.74) is -0.794. The quantitative estimate of drug-likeness (QED) is 0.842. The maximum absolute atomic E-state index is 12.0. The Morgan fingerprint density at radius 3 is 2.80 bits per heavy atom. The number of nitrogens with zero attached hydrogens (tertiary/aromatic N) is 1. The summed E-state index contributed by atoms with van der Waals surface area (Å²) in [5, 5.41) is 10.6. The van der Waals surface area contributed by atoms with E-state index in [1.54, 1.807) is 14.0 Å². The Morgan fingerprint density at radius 2 is 2.20 bits per heavy atom. The number of H-pyrrole nitrogens is 1. The van der Waals surface area contributed by atoms with Crippen LogP contribution in [0.4, 0.5) is 0 Å². The zero-order chi connectivity index (χ0) is 15.1. The molecule has 0 radical (unpaired) electrons. The van der Waals surface area contributed by atoms with Gasteiger partial charge < -0.3 is 9.84 Å². The van der Waals surface area contributed by atoms with E-state index in [9.17, 15) is 14.7 Å². The summed E-state index contributed by atoms with van der Waals surface area (Å²) in [5.74, 6) is 0.210. The maximum atomic E-state index is 12.0. The Bertz CT molecular complexity index is 606. The number of hydrogen-bond donors (Lipinski definition) is 2. The Morgan fingerprint density at radius 1 is 1.55 bits per heavy atom. The minimum Gasteiger partial charge on any atom is -0.390 e. The molecular formula is C14H22N2O4. The first-order valence-electron chi connectivity index (χ1n) is 6.80. The molecule has 2 N–H and O–H groups in total. The zero-order valence-corrected chi connectivity index (χ0v) is 12.3. The molecule has 1 aliphatic carbocycles. The highest BCUT2D eigenvalue weighted by molar-refractivity contribution is 5.06. The number of aryl methyl sites for hydroxylation is 1. The van der Waals surface area contributed by atoms with Crippen LogP contribution in [0.2, 0.25) is 0 Å². The molecule has 6 heteroatoms. The predicted octanol–water partition coefficient (Wildman–Crippen LogP) is 0.440. The van der Waals surface area contributed by atoms with Crippen molar-refractivity contribution in [2.45, 2.75) is 39.3 Å². The van der Waals surface area contributed by atoms with Gasteiger partial charge in [-0.1, -0.05) is 13.8 Å². The number of hydrogen-bond acceptors (Lipinski definition) is 4. The summed E-state index contributed by atoms with van der Waals surface area (Å²) < 4.78 is 6.66. The lowest BCUT2D eigenvalue weighted by molar-refractivity contribution is -0.0309. The SMILES string of the molecule is COCC1(C)[C@H](O)[C@@H](n2cc(C)c(=O)[nH]c2=O)C[C@@H]1C. The highest BCUT2D eigenvalue weighted by Gasteiger charge is 2.50. The van der Waals surface area contributed by atoms with Gasteiger partial charge in [0, 0.05) is 24.3 Å². The number of ether oxygens (including phenoxy) is 1. The minimum atomic E-state index is -0.694. The van der Waals surface area contributed by atoms with Crippen LogP contribution < -0.4 is 11.2 Å². The van der Waals surface area contributed by atoms with Crippen molar-refractivity contribution in [2.24, 2.45) is 11.3 Å². The second kappa shape index (κ2) is 5.18. The molecule has 1 aromatic heterocycles. The second-order valence-electron chi connectivity index (χ2n) is 6.07. The molecule has 0 aliphatic heterocycles. The van der Waals surface area contributed by atoms with Gasteiger partial charge in [0.2, 0.25) is 0 Å². The molecule has 1 fully saturated rings. The van der Waals surface area contributed by atoms with Crippen LogP contribution in [0, 0.1) is 18.3 Å². The van der Waals surface area contributed by atoms with Gasteiger partial charge in [-0.05, 0) is 19.3 Å². The van der Waals surface area contributed by atoms with E-state index in [0.717, 1.165) is 0 Å². The summed E-state index contributed by atoms with van der Waals surface area (Å²) in [6.07, 6.45) is 1.51. The van der Waals surface area contributed by atoms with Crippen molar-refractivity contribution < 1.29 is 9.84 Å². The Hall–Kier alpha value is -1.40. The topological polar surface area (TPSA) is 84.3 Å². The number of aliphatic hydroxyl groups excluding tert-OH is 1. The van der Waals surface area contributed by atoms with Gasteiger partial charge in [-0.2, -0.15) is 0 Å². The number of nitrogens with one attached hydrogen (secondary N) is 1. The van der Waals surface area contributed by atoms with Crippen LogP contribution >= 0.6 is 0 Å². The van der Waals surface area contributed by atoms with Crippen molar-refractivity contribution in [1.29, 1.82) is 0 Å². The first kappa shape index (κ1) is 15.0. The molecule has 2 rings (SSSR count). The van der Waals surface area contributed by atoms with E-state index in [1.807, 2.05) is 13.8 Å². The third kappa shape index (κ3) is 2.23. The number of rotatable bonds is 3. The van der Waals surface area contributed by atoms with E-state index >= 15 is 0 Å². The number of methoxy groups -OCH3 is 1. The van der Waals surface area contributed by atoms with E-state index in [1.165, 1.54) is 10.8 Å². The lowest BCUT2D eigenvalue weighted by atomic mass is 9.80. The number of aromatic nitrogens is 2. The molecule has 0 amide bonds. The number of aliphatic hydroxyl groups is 1. The third-order valence-corrected chi connectivity index (χ3v) is 4.72. The molecule has 1 saturated carbocycles. The molecular weight excluding hydrogens is 260 g/mol. The Kier molecular flexibility index (Phi) is 3.88. The van der Waals surface area contributed by atoms with Crippen molar-refractivity contribution in [2.75, 3.05) is 13.7 Å². The van der Waals surface area contributed by atoms with Crippen LogP contribution in [0.1, 0.15) is 31.9 Å². The molecule has 0 spiro atoms. The number of aromatic amines is 1. The molecule has 0 saturated heterocycles. The highest BCUT2D eigenvalue weighted by Crippen LogP contribution is 2.48. The summed E-state index contributed by atoms with van der Waals surface area (Å²) in [7, 11) is 1.61. The van der Waals surface area contributed by atoms with Crippen molar-refractivity contribution in [3.05, 3.63) is 32.6 Å². The van der Waals surface area contributed by atoms with E-state index in [2.05, 4.69) is 4.98 Å². The summed E-state index contributed by atoms with van der Waals surface area (Å²) >= 11 is 0. The first-order chi connectivity index (χ1) is 9.31. The van der Waals surface area contributed by atoms with Crippen LogP contribution in [0.15, 0.2) is 15.8 Å². The monoisotopic (exact) mass is 282 g/mol. The first-order valence-corrected chi connectivity index (χ1v) is 6.80. The maximum Gasteiger partial charge on any atom is 0.328 e. The largest absolute Gasteiger partial charge is 0.390 e. The summed E-state index contributed by atoms with van der Waals surface area (Å²) in [6, 6.07) is -0.340. The Labute approximate surface area is 117 Å². The standard InChI is InChI=1S/C14H22N2O4/c1-8-6-16(13(19)15-12(8)18)10-5-9(2)14(3,7-20-4)11(10)17/h6,9-11,17H,5,7H2,1-4H3,(H,15,18,19)/t9-,10-,11+,14?/m0/s1. The van der Waals surface area contributed by atoms with Crippen molar-refractivity contribution in [1.82, 2.24) is 9.55 Å². The van der Waals surface area contributed by atoms with Gasteiger partial charge in [-0.3, -0.25) is 14.3 Å². The van der Waals surface area contributed by atoms with Crippen LogP contribution in [-0.2, 0) is 4.74 Å². The average Bonchev–Trinajstić information content (AvgIpc) is 2.59. The van der Waals surface area contributed by atoms with Crippen LogP contribution in [-0.4, -0.2) is 34.5 Å². The predicted molar refractivity (Wildman–Crippen MR) is 74.9 cm³/mol. The molecule has 112 valence electrons. The van der Waals surface area contributed by atoms with Gasteiger partial charge >= 0.3 is 5.69 Å². The molecule has 4 atom stereocenters. The molecule has 1 heterocycles. The fourth-order valence-electron chi connectivity index (χ4n) is 3.13.